The number of alkyl halides is 3. The molecule has 1 atom stereocenters. The first kappa shape index (κ1) is 27.3. The summed E-state index contributed by atoms with van der Waals surface area (Å²) in [7, 11) is -2.98. The van der Waals surface area contributed by atoms with Crippen LogP contribution in [0, 0.1) is 5.92 Å². The fourth-order valence-corrected chi connectivity index (χ4v) is 3.69. The Labute approximate surface area is 193 Å². The summed E-state index contributed by atoms with van der Waals surface area (Å²) in [6.45, 7) is 1.65. The van der Waals surface area contributed by atoms with Crippen LogP contribution in [-0.2, 0) is 21.5 Å². The molecule has 0 saturated carbocycles. The van der Waals surface area contributed by atoms with E-state index < -0.39 is 57.8 Å². The molecule has 0 aliphatic rings. The highest BCUT2D eigenvalue weighted by molar-refractivity contribution is 7.90. The van der Waals surface area contributed by atoms with E-state index in [1.54, 1.807) is 30.3 Å². The van der Waals surface area contributed by atoms with Gasteiger partial charge in [0.05, 0.1) is 11.7 Å². The third-order valence-electron chi connectivity index (χ3n) is 4.89. The molecule has 0 aliphatic carbocycles. The van der Waals surface area contributed by atoms with Crippen LogP contribution in [0.5, 0.6) is 0 Å². The van der Waals surface area contributed by atoms with Crippen molar-refractivity contribution in [2.24, 2.45) is 5.92 Å². The lowest BCUT2D eigenvalue weighted by atomic mass is 9.94. The molecule has 1 amide bonds. The normalized spacial score (nSPS) is 13.6. The zero-order chi connectivity index (χ0) is 25.9. The number of pyridine rings is 1. The van der Waals surface area contributed by atoms with Gasteiger partial charge in [-0.15, -0.1) is 0 Å². The van der Waals surface area contributed by atoms with E-state index in [2.05, 4.69) is 0 Å². The summed E-state index contributed by atoms with van der Waals surface area (Å²) < 4.78 is 67.9. The van der Waals surface area contributed by atoms with Crippen LogP contribution < -0.4 is 20.3 Å². The third kappa shape index (κ3) is 6.14. The van der Waals surface area contributed by atoms with Gasteiger partial charge in [0.25, 0.3) is 21.6 Å². The third-order valence-corrected chi connectivity index (χ3v) is 5.92. The number of benzene rings is 1. The maximum Gasteiger partial charge on any atom is 0.445 e. The van der Waals surface area contributed by atoms with Crippen molar-refractivity contribution in [2.75, 3.05) is 11.8 Å². The lowest BCUT2D eigenvalue weighted by Gasteiger charge is -2.35. The molecule has 10 nitrogen and oxygen atoms in total. The van der Waals surface area contributed by atoms with E-state index in [-0.39, 0.29) is 5.69 Å². The molecule has 2 aromatic rings. The minimum absolute atomic E-state index is 0.171. The number of carbonyl (C=O) groups is 1. The number of hydrogen-bond donors (Lipinski definition) is 5. The number of halogens is 3. The number of aromatic nitrogens is 1. The van der Waals surface area contributed by atoms with Crippen LogP contribution >= 0.6 is 0 Å². The van der Waals surface area contributed by atoms with E-state index in [1.165, 1.54) is 26.0 Å². The average Bonchev–Trinajstić information content (AvgIpc) is 2.74. The van der Waals surface area contributed by atoms with Gasteiger partial charge in [-0.3, -0.25) is 18.9 Å². The Kier molecular flexibility index (Phi) is 8.14. The summed E-state index contributed by atoms with van der Waals surface area (Å²) in [5, 5.41) is 21.2. The topological polar surface area (TPSA) is 150 Å². The Hall–Kier alpha value is -2.94. The van der Waals surface area contributed by atoms with Crippen LogP contribution in [0.3, 0.4) is 0 Å². The SMILES string of the molecule is CNS(=O)(=O)Nc1ccc(-c2ccccc2)n(CC(=O)N[C@@H](C(C)C)C(O)(O)C(F)(F)F)c1=O. The highest BCUT2D eigenvalue weighted by Crippen LogP contribution is 2.33. The molecule has 1 heterocycles. The summed E-state index contributed by atoms with van der Waals surface area (Å²) in [5.41, 5.74) is -0.739. The molecule has 0 unspecified atom stereocenters. The molecule has 2 rings (SSSR count). The first-order valence-electron chi connectivity index (χ1n) is 9.92. The zero-order valence-corrected chi connectivity index (χ0v) is 19.2. The fraction of sp³-hybridized carbons (Fsp3) is 0.400. The molecular formula is C20H25F3N4O6S. The van der Waals surface area contributed by atoms with E-state index in [1.807, 2.05) is 14.8 Å². The van der Waals surface area contributed by atoms with Gasteiger partial charge in [0.2, 0.25) is 5.91 Å². The molecule has 34 heavy (non-hydrogen) atoms. The van der Waals surface area contributed by atoms with Gasteiger partial charge in [-0.05, 0) is 23.6 Å². The molecule has 1 aromatic carbocycles. The summed E-state index contributed by atoms with van der Waals surface area (Å²) in [4.78, 5) is 25.7. The van der Waals surface area contributed by atoms with Gasteiger partial charge in [0.15, 0.2) is 0 Å². The van der Waals surface area contributed by atoms with Crippen molar-refractivity contribution in [3.05, 3.63) is 52.8 Å². The van der Waals surface area contributed by atoms with E-state index >= 15 is 0 Å². The van der Waals surface area contributed by atoms with Crippen molar-refractivity contribution in [1.82, 2.24) is 14.6 Å². The lowest BCUT2D eigenvalue weighted by molar-refractivity contribution is -0.362. The molecule has 1 aromatic heterocycles. The second-order valence-electron chi connectivity index (χ2n) is 7.71. The van der Waals surface area contributed by atoms with Gasteiger partial charge in [-0.2, -0.15) is 21.6 Å². The van der Waals surface area contributed by atoms with Crippen molar-refractivity contribution < 1.29 is 36.6 Å². The van der Waals surface area contributed by atoms with Crippen LogP contribution in [0.1, 0.15) is 13.8 Å². The Bertz CT molecular complexity index is 1180. The van der Waals surface area contributed by atoms with Crippen LogP contribution in [0.15, 0.2) is 47.3 Å². The molecule has 188 valence electrons. The monoisotopic (exact) mass is 506 g/mol. The highest BCUT2D eigenvalue weighted by Gasteiger charge is 2.59. The summed E-state index contributed by atoms with van der Waals surface area (Å²) in [6, 6.07) is 8.58. The van der Waals surface area contributed by atoms with Crippen LogP contribution in [0.2, 0.25) is 0 Å². The van der Waals surface area contributed by atoms with Gasteiger partial charge in [-0.25, -0.2) is 4.72 Å². The quantitative estimate of drug-likeness (QED) is 0.317. The molecule has 0 radical (unpaired) electrons. The molecule has 0 saturated heterocycles. The predicted molar refractivity (Wildman–Crippen MR) is 118 cm³/mol. The fourth-order valence-electron chi connectivity index (χ4n) is 3.14. The van der Waals surface area contributed by atoms with E-state index in [0.717, 1.165) is 11.6 Å². The van der Waals surface area contributed by atoms with Gasteiger partial charge < -0.3 is 15.5 Å². The Morgan fingerprint density at radius 3 is 2.18 bits per heavy atom. The average molecular weight is 507 g/mol. The molecule has 0 fully saturated rings. The van der Waals surface area contributed by atoms with Crippen molar-refractivity contribution in [3.63, 3.8) is 0 Å². The van der Waals surface area contributed by atoms with E-state index in [4.69, 9.17) is 0 Å². The standard InChI is InChI=1S/C20H25F3N4O6S/c1-12(2)17(19(30,31)20(21,22)23)25-16(28)11-27-15(13-7-5-4-6-8-13)10-9-14(18(27)29)26-34(32,33)24-3/h4-10,12,17,24,26,30-31H,11H2,1-3H3,(H,25,28)/t17-/m0/s1. The number of rotatable bonds is 9. The molecule has 14 heteroatoms. The molecule has 0 aliphatic heterocycles. The largest absolute Gasteiger partial charge is 0.445 e. The smallest absolute Gasteiger partial charge is 0.357 e. The minimum atomic E-state index is -5.47. The number of amides is 1. The van der Waals surface area contributed by atoms with Crippen LogP contribution in [0.25, 0.3) is 11.3 Å². The maximum atomic E-state index is 13.1. The van der Waals surface area contributed by atoms with Gasteiger partial charge in [0.1, 0.15) is 12.2 Å². The zero-order valence-electron chi connectivity index (χ0n) is 18.4. The predicted octanol–water partition coefficient (Wildman–Crippen LogP) is 0.775. The number of nitrogens with zero attached hydrogens (tertiary/aromatic N) is 1. The number of carbonyl (C=O) groups excluding carboxylic acids is 1. The molecular weight excluding hydrogens is 481 g/mol. The van der Waals surface area contributed by atoms with Crippen molar-refractivity contribution in [2.45, 2.75) is 38.4 Å². The van der Waals surface area contributed by atoms with Crippen molar-refractivity contribution in [1.29, 1.82) is 0 Å². The number of anilines is 1. The second-order valence-corrected chi connectivity index (χ2v) is 9.33. The van der Waals surface area contributed by atoms with Gasteiger partial charge in [-0.1, -0.05) is 44.2 Å². The van der Waals surface area contributed by atoms with Gasteiger partial charge in [0, 0.05) is 7.05 Å². The maximum absolute atomic E-state index is 13.1. The summed E-state index contributed by atoms with van der Waals surface area (Å²) in [6.07, 6.45) is -5.47. The Morgan fingerprint density at radius 2 is 1.68 bits per heavy atom. The van der Waals surface area contributed by atoms with E-state index in [9.17, 15) is 41.4 Å². The van der Waals surface area contributed by atoms with Crippen molar-refractivity contribution >= 4 is 21.8 Å². The highest BCUT2D eigenvalue weighted by atomic mass is 32.2. The number of hydrogen-bond acceptors (Lipinski definition) is 6. The Balaban J connectivity index is 2.51. The lowest BCUT2D eigenvalue weighted by Crippen LogP contribution is -2.63. The van der Waals surface area contributed by atoms with E-state index in [0.29, 0.717) is 5.56 Å². The molecule has 5 N–H and O–H groups in total. The summed E-state index contributed by atoms with van der Waals surface area (Å²) >= 11 is 0. The van der Waals surface area contributed by atoms with Crippen molar-refractivity contribution in [3.8, 4) is 11.3 Å². The minimum Gasteiger partial charge on any atom is -0.357 e. The first-order chi connectivity index (χ1) is 15.6. The number of aliphatic hydroxyl groups is 2. The van der Waals surface area contributed by atoms with Gasteiger partial charge >= 0.3 is 6.18 Å². The number of nitrogens with one attached hydrogen (secondary N) is 3. The second kappa shape index (κ2) is 10.1. The summed E-state index contributed by atoms with van der Waals surface area (Å²) in [5.74, 6) is -6.42. The van der Waals surface area contributed by atoms with Crippen LogP contribution in [-0.4, -0.2) is 54.2 Å². The molecule has 0 spiro atoms. The first-order valence-corrected chi connectivity index (χ1v) is 11.4. The van der Waals surface area contributed by atoms with Crippen LogP contribution in [0.4, 0.5) is 18.9 Å². The Morgan fingerprint density at radius 1 is 1.09 bits per heavy atom. The molecule has 0 bridgehead atoms.